The molecule has 0 aliphatic carbocycles. The van der Waals surface area contributed by atoms with Crippen molar-refractivity contribution in [3.05, 3.63) is 24.0 Å². The fourth-order valence-corrected chi connectivity index (χ4v) is 1.43. The van der Waals surface area contributed by atoms with Crippen molar-refractivity contribution in [3.63, 3.8) is 0 Å². The van der Waals surface area contributed by atoms with Crippen molar-refractivity contribution in [1.82, 2.24) is 9.88 Å². The summed E-state index contributed by atoms with van der Waals surface area (Å²) in [6, 6.07) is 1.64. The number of nitrogens with two attached hydrogens (primary N) is 1. The van der Waals surface area contributed by atoms with Crippen molar-refractivity contribution in [1.29, 1.82) is 0 Å². The van der Waals surface area contributed by atoms with Crippen LogP contribution in [0.1, 0.15) is 24.2 Å². The van der Waals surface area contributed by atoms with Crippen LogP contribution < -0.4 is 11.3 Å². The van der Waals surface area contributed by atoms with Crippen LogP contribution in [-0.2, 0) is 4.74 Å². The molecule has 1 amide bonds. The largest absolute Gasteiger partial charge is 0.377 e. The van der Waals surface area contributed by atoms with Crippen LogP contribution in [0.2, 0.25) is 0 Å². The van der Waals surface area contributed by atoms with Crippen LogP contribution in [0.4, 0.5) is 5.69 Å². The normalized spacial score (nSPS) is 10.5. The number of hydrogen-bond acceptors (Lipinski definition) is 5. The maximum atomic E-state index is 12.1. The van der Waals surface area contributed by atoms with E-state index in [0.29, 0.717) is 24.4 Å². The van der Waals surface area contributed by atoms with Crippen molar-refractivity contribution < 1.29 is 9.53 Å². The number of amides is 1. The van der Waals surface area contributed by atoms with Gasteiger partial charge in [0, 0.05) is 19.8 Å². The predicted octanol–water partition coefficient (Wildman–Crippen LogP) is 0.864. The Hall–Kier alpha value is -1.66. The van der Waals surface area contributed by atoms with Gasteiger partial charge in [0.2, 0.25) is 0 Å². The van der Waals surface area contributed by atoms with Gasteiger partial charge in [0.1, 0.15) is 0 Å². The van der Waals surface area contributed by atoms with Gasteiger partial charge < -0.3 is 15.1 Å². The van der Waals surface area contributed by atoms with E-state index in [4.69, 9.17) is 10.6 Å². The van der Waals surface area contributed by atoms with E-state index in [9.17, 15) is 4.79 Å². The maximum absolute atomic E-state index is 12.1. The third-order valence-electron chi connectivity index (χ3n) is 2.43. The van der Waals surface area contributed by atoms with Crippen molar-refractivity contribution in [2.45, 2.75) is 20.0 Å². The molecule has 1 rings (SSSR count). The van der Waals surface area contributed by atoms with E-state index in [1.807, 2.05) is 13.8 Å². The first-order valence-electron chi connectivity index (χ1n) is 5.84. The number of nitrogens with zero attached hydrogens (tertiary/aromatic N) is 2. The molecule has 0 fully saturated rings. The molecule has 0 atom stereocenters. The standard InChI is InChI=1S/C12H20N4O2/c1-9(2)18-7-6-16(3)12(17)10-4-5-14-8-11(10)15-13/h4-5,8-9,15H,6-7,13H2,1-3H3. The molecular formula is C12H20N4O2. The molecule has 1 heterocycles. The van der Waals surface area contributed by atoms with Crippen LogP contribution in [-0.4, -0.2) is 42.1 Å². The molecule has 1 aromatic heterocycles. The zero-order valence-corrected chi connectivity index (χ0v) is 11.0. The smallest absolute Gasteiger partial charge is 0.255 e. The second-order valence-electron chi connectivity index (χ2n) is 4.21. The van der Waals surface area contributed by atoms with Crippen molar-refractivity contribution in [2.75, 3.05) is 25.6 Å². The van der Waals surface area contributed by atoms with Gasteiger partial charge in [0.05, 0.1) is 30.2 Å². The number of carbonyl (C=O) groups excluding carboxylic acids is 1. The molecule has 0 spiro atoms. The lowest BCUT2D eigenvalue weighted by molar-refractivity contribution is 0.0532. The minimum atomic E-state index is -0.113. The second-order valence-corrected chi connectivity index (χ2v) is 4.21. The number of ether oxygens (including phenoxy) is 1. The predicted molar refractivity (Wildman–Crippen MR) is 70.1 cm³/mol. The molecule has 3 N–H and O–H groups in total. The van der Waals surface area contributed by atoms with Gasteiger partial charge in [-0.2, -0.15) is 0 Å². The van der Waals surface area contributed by atoms with E-state index in [-0.39, 0.29) is 12.0 Å². The van der Waals surface area contributed by atoms with Crippen LogP contribution >= 0.6 is 0 Å². The summed E-state index contributed by atoms with van der Waals surface area (Å²) in [5.74, 6) is 5.23. The van der Waals surface area contributed by atoms with Gasteiger partial charge in [0.25, 0.3) is 5.91 Å². The molecule has 1 aromatic rings. The number of hydrazine groups is 1. The van der Waals surface area contributed by atoms with E-state index < -0.39 is 0 Å². The molecule has 0 aromatic carbocycles. The lowest BCUT2D eigenvalue weighted by Crippen LogP contribution is -2.31. The summed E-state index contributed by atoms with van der Waals surface area (Å²) < 4.78 is 5.41. The molecule has 100 valence electrons. The second kappa shape index (κ2) is 6.93. The highest BCUT2D eigenvalue weighted by molar-refractivity contribution is 5.99. The Bertz CT molecular complexity index is 395. The van der Waals surface area contributed by atoms with E-state index in [2.05, 4.69) is 10.4 Å². The number of hydrogen-bond donors (Lipinski definition) is 2. The molecule has 18 heavy (non-hydrogen) atoms. The summed E-state index contributed by atoms with van der Waals surface area (Å²) in [4.78, 5) is 17.6. The fourth-order valence-electron chi connectivity index (χ4n) is 1.43. The van der Waals surface area contributed by atoms with Crippen LogP contribution in [0.25, 0.3) is 0 Å². The third-order valence-corrected chi connectivity index (χ3v) is 2.43. The summed E-state index contributed by atoms with van der Waals surface area (Å²) in [6.07, 6.45) is 3.24. The van der Waals surface area contributed by atoms with Crippen LogP contribution in [0.5, 0.6) is 0 Å². The van der Waals surface area contributed by atoms with E-state index >= 15 is 0 Å². The van der Waals surface area contributed by atoms with Crippen LogP contribution in [0.15, 0.2) is 18.5 Å². The van der Waals surface area contributed by atoms with Crippen molar-refractivity contribution in [3.8, 4) is 0 Å². The highest BCUT2D eigenvalue weighted by Crippen LogP contribution is 2.13. The summed E-state index contributed by atoms with van der Waals surface area (Å²) >= 11 is 0. The summed E-state index contributed by atoms with van der Waals surface area (Å²) in [5.41, 5.74) is 3.48. The first kappa shape index (κ1) is 14.4. The molecule has 0 aliphatic rings. The molecule has 0 radical (unpaired) electrons. The topological polar surface area (TPSA) is 80.5 Å². The first-order valence-corrected chi connectivity index (χ1v) is 5.84. The van der Waals surface area contributed by atoms with Crippen molar-refractivity contribution in [2.24, 2.45) is 5.84 Å². The van der Waals surface area contributed by atoms with E-state index in [1.165, 1.54) is 6.20 Å². The molecule has 6 heteroatoms. The molecule has 6 nitrogen and oxygen atoms in total. The van der Waals surface area contributed by atoms with Crippen molar-refractivity contribution >= 4 is 11.6 Å². The van der Waals surface area contributed by atoms with Gasteiger partial charge in [-0.15, -0.1) is 0 Å². The molecule has 0 saturated carbocycles. The number of aromatic nitrogens is 1. The summed E-state index contributed by atoms with van der Waals surface area (Å²) in [6.45, 7) is 4.96. The number of likely N-dealkylation sites (N-methyl/N-ethyl adjacent to an activating group) is 1. The Morgan fingerprint density at radius 2 is 2.33 bits per heavy atom. The minimum Gasteiger partial charge on any atom is -0.377 e. The number of carbonyl (C=O) groups is 1. The highest BCUT2D eigenvalue weighted by atomic mass is 16.5. The maximum Gasteiger partial charge on any atom is 0.255 e. The highest BCUT2D eigenvalue weighted by Gasteiger charge is 2.15. The molecule has 0 bridgehead atoms. The molecule has 0 unspecified atom stereocenters. The minimum absolute atomic E-state index is 0.113. The number of rotatable bonds is 6. The molecule has 0 saturated heterocycles. The monoisotopic (exact) mass is 252 g/mol. The van der Waals surface area contributed by atoms with E-state index in [1.54, 1.807) is 24.2 Å². The lowest BCUT2D eigenvalue weighted by Gasteiger charge is -2.19. The first-order chi connectivity index (χ1) is 8.56. The number of anilines is 1. The Kier molecular flexibility index (Phi) is 5.54. The van der Waals surface area contributed by atoms with Gasteiger partial charge in [-0.3, -0.25) is 15.6 Å². The van der Waals surface area contributed by atoms with Gasteiger partial charge in [0.15, 0.2) is 0 Å². The Balaban J connectivity index is 2.62. The number of nitrogens with one attached hydrogen (secondary N) is 1. The van der Waals surface area contributed by atoms with Gasteiger partial charge in [-0.25, -0.2) is 0 Å². The number of pyridine rings is 1. The Labute approximate surface area is 107 Å². The van der Waals surface area contributed by atoms with E-state index in [0.717, 1.165) is 0 Å². The Morgan fingerprint density at radius 1 is 1.61 bits per heavy atom. The quantitative estimate of drug-likeness (QED) is 0.580. The molecular weight excluding hydrogens is 232 g/mol. The van der Waals surface area contributed by atoms with Gasteiger partial charge >= 0.3 is 0 Å². The summed E-state index contributed by atoms with van der Waals surface area (Å²) in [5, 5.41) is 0. The average molecular weight is 252 g/mol. The average Bonchev–Trinajstić information content (AvgIpc) is 2.37. The fraction of sp³-hybridized carbons (Fsp3) is 0.500. The van der Waals surface area contributed by atoms with Gasteiger partial charge in [-0.05, 0) is 19.9 Å². The van der Waals surface area contributed by atoms with Crippen LogP contribution in [0, 0.1) is 0 Å². The van der Waals surface area contributed by atoms with Crippen LogP contribution in [0.3, 0.4) is 0 Å². The number of nitrogen functional groups attached to an aromatic ring is 1. The zero-order valence-electron chi connectivity index (χ0n) is 11.0. The zero-order chi connectivity index (χ0) is 13.5. The SMILES string of the molecule is CC(C)OCCN(C)C(=O)c1ccncc1NN. The summed E-state index contributed by atoms with van der Waals surface area (Å²) in [7, 11) is 1.73. The third kappa shape index (κ3) is 3.97. The van der Waals surface area contributed by atoms with Gasteiger partial charge in [-0.1, -0.05) is 0 Å². The Morgan fingerprint density at radius 3 is 2.94 bits per heavy atom. The molecule has 0 aliphatic heterocycles. The lowest BCUT2D eigenvalue weighted by atomic mass is 10.2.